The molecule has 6 aromatic carbocycles. The van der Waals surface area contributed by atoms with Gasteiger partial charge in [-0.15, -0.1) is 0 Å². The average molecular weight is 515 g/mol. The van der Waals surface area contributed by atoms with E-state index in [2.05, 4.69) is 24.3 Å². The Morgan fingerprint density at radius 1 is 0.487 bits per heavy atom. The summed E-state index contributed by atoms with van der Waals surface area (Å²) in [7, 11) is 0. The molecule has 2 N–H and O–H groups in total. The maximum absolute atomic E-state index is 11.1. The van der Waals surface area contributed by atoms with E-state index < -0.39 is 0 Å². The monoisotopic (exact) mass is 514 g/mol. The van der Waals surface area contributed by atoms with Crippen LogP contribution in [0.3, 0.4) is 0 Å². The topological polar surface area (TPSA) is 57.5 Å². The number of fused-ring (bicyclic) bond motifs is 3. The normalized spacial score (nSPS) is 12.1. The molecule has 0 saturated heterocycles. The summed E-state index contributed by atoms with van der Waals surface area (Å²) in [6.45, 7) is 5.15. The fourth-order valence-corrected chi connectivity index (χ4v) is 4.34. The van der Waals surface area contributed by atoms with Crippen molar-refractivity contribution in [3.8, 4) is 0 Å². The summed E-state index contributed by atoms with van der Waals surface area (Å²) in [4.78, 5) is 11.1. The van der Waals surface area contributed by atoms with Crippen LogP contribution >= 0.6 is 0 Å². The zero-order valence-electron chi connectivity index (χ0n) is 22.6. The Morgan fingerprint density at radius 2 is 0.821 bits per heavy atom. The summed E-state index contributed by atoms with van der Waals surface area (Å²) in [5, 5.41) is 25.9. The number of hydrogen-bond donors (Lipinski definition) is 2. The molecule has 6 aromatic rings. The number of aliphatic hydroxyl groups excluding tert-OH is 2. The van der Waals surface area contributed by atoms with Crippen LogP contribution in [0.4, 0.5) is 0 Å². The van der Waals surface area contributed by atoms with Crippen LogP contribution in [0.2, 0.25) is 0 Å². The molecular formula is C36H34O3. The van der Waals surface area contributed by atoms with Gasteiger partial charge in [0.1, 0.15) is 0 Å². The molecule has 2 atom stereocenters. The maximum Gasteiger partial charge on any atom is 0.159 e. The zero-order valence-corrected chi connectivity index (χ0v) is 22.6. The van der Waals surface area contributed by atoms with Crippen molar-refractivity contribution < 1.29 is 15.0 Å². The number of Topliss-reactive ketones (excluding diaryl/α,β-unsaturated/α-hetero) is 1. The van der Waals surface area contributed by atoms with Gasteiger partial charge in [-0.1, -0.05) is 109 Å². The van der Waals surface area contributed by atoms with E-state index in [-0.39, 0.29) is 18.0 Å². The van der Waals surface area contributed by atoms with Crippen molar-refractivity contribution in [3.63, 3.8) is 0 Å². The Kier molecular flexibility index (Phi) is 9.22. The first-order chi connectivity index (χ1) is 18.8. The summed E-state index contributed by atoms with van der Waals surface area (Å²) in [5.74, 6) is 0.116. The fraction of sp³-hybridized carbons (Fsp3) is 0.139. The van der Waals surface area contributed by atoms with E-state index in [0.29, 0.717) is 0 Å². The van der Waals surface area contributed by atoms with Crippen molar-refractivity contribution in [2.75, 3.05) is 0 Å². The van der Waals surface area contributed by atoms with E-state index in [0.717, 1.165) is 22.1 Å². The Balaban J connectivity index is 0.000000136. The fourth-order valence-electron chi connectivity index (χ4n) is 4.34. The highest BCUT2D eigenvalue weighted by molar-refractivity contribution is 5.98. The second-order valence-corrected chi connectivity index (χ2v) is 9.68. The van der Waals surface area contributed by atoms with Gasteiger partial charge >= 0.3 is 0 Å². The first-order valence-electron chi connectivity index (χ1n) is 13.1. The number of carbonyl (C=O) groups excluding carboxylic acids is 1. The van der Waals surface area contributed by atoms with Crippen molar-refractivity contribution >= 4 is 38.1 Å². The molecular weight excluding hydrogens is 480 g/mol. The van der Waals surface area contributed by atoms with Gasteiger partial charge in [0.05, 0.1) is 12.2 Å². The molecule has 196 valence electrons. The molecule has 39 heavy (non-hydrogen) atoms. The Morgan fingerprint density at radius 3 is 1.18 bits per heavy atom. The van der Waals surface area contributed by atoms with E-state index in [1.807, 2.05) is 103 Å². The average Bonchev–Trinajstić information content (AvgIpc) is 2.97. The third kappa shape index (κ3) is 7.38. The van der Waals surface area contributed by atoms with Crippen LogP contribution in [0.15, 0.2) is 127 Å². The summed E-state index contributed by atoms with van der Waals surface area (Å²) < 4.78 is 0. The third-order valence-electron chi connectivity index (χ3n) is 6.67. The quantitative estimate of drug-likeness (QED) is 0.232. The molecule has 0 spiro atoms. The molecule has 0 aromatic heterocycles. The lowest BCUT2D eigenvalue weighted by atomic mass is 10.0. The van der Waals surface area contributed by atoms with Crippen LogP contribution < -0.4 is 0 Å². The zero-order chi connectivity index (χ0) is 27.8. The smallest absolute Gasteiger partial charge is 0.159 e. The molecule has 0 aliphatic rings. The van der Waals surface area contributed by atoms with Gasteiger partial charge in [-0.2, -0.15) is 0 Å². The van der Waals surface area contributed by atoms with Crippen molar-refractivity contribution in [1.29, 1.82) is 0 Å². The lowest BCUT2D eigenvalue weighted by molar-refractivity contribution is 0.101. The van der Waals surface area contributed by atoms with Gasteiger partial charge in [0, 0.05) is 5.56 Å². The van der Waals surface area contributed by atoms with Crippen molar-refractivity contribution in [2.24, 2.45) is 0 Å². The van der Waals surface area contributed by atoms with Gasteiger partial charge in [-0.25, -0.2) is 0 Å². The van der Waals surface area contributed by atoms with E-state index in [9.17, 15) is 15.0 Å². The Hall–Kier alpha value is -4.31. The predicted molar refractivity (Wildman–Crippen MR) is 163 cm³/mol. The van der Waals surface area contributed by atoms with E-state index in [1.165, 1.54) is 26.9 Å². The Bertz CT molecular complexity index is 1620. The summed E-state index contributed by atoms with van der Waals surface area (Å²) in [6.07, 6.45) is -0.769. The van der Waals surface area contributed by atoms with Crippen LogP contribution in [0.1, 0.15) is 54.5 Å². The maximum atomic E-state index is 11.1. The highest BCUT2D eigenvalue weighted by Crippen LogP contribution is 2.21. The standard InChI is InChI=1S/2C12H12O.C12H10O/c3*1-9(13)11-7-6-10-4-2-3-5-12(10)8-11/h2*2-9,13H,1H3;2-8H,1H3/t9-;;/m0../s1. The number of benzene rings is 6. The van der Waals surface area contributed by atoms with Gasteiger partial charge in [0.15, 0.2) is 5.78 Å². The second-order valence-electron chi connectivity index (χ2n) is 9.68. The molecule has 0 bridgehead atoms. The molecule has 0 heterocycles. The van der Waals surface area contributed by atoms with Crippen LogP contribution in [-0.2, 0) is 0 Å². The van der Waals surface area contributed by atoms with Gasteiger partial charge in [0.25, 0.3) is 0 Å². The largest absolute Gasteiger partial charge is 0.389 e. The number of rotatable bonds is 3. The summed E-state index contributed by atoms with van der Waals surface area (Å²) in [6, 6.07) is 42.2. The number of aliphatic hydroxyl groups is 2. The van der Waals surface area contributed by atoms with Crippen molar-refractivity contribution in [1.82, 2.24) is 0 Å². The minimum Gasteiger partial charge on any atom is -0.389 e. The lowest BCUT2D eigenvalue weighted by Gasteiger charge is -2.05. The van der Waals surface area contributed by atoms with Crippen molar-refractivity contribution in [2.45, 2.75) is 33.0 Å². The van der Waals surface area contributed by atoms with Gasteiger partial charge in [-0.05, 0) is 82.4 Å². The second kappa shape index (κ2) is 13.0. The van der Waals surface area contributed by atoms with E-state index in [4.69, 9.17) is 0 Å². The van der Waals surface area contributed by atoms with E-state index in [1.54, 1.807) is 20.8 Å². The van der Waals surface area contributed by atoms with E-state index >= 15 is 0 Å². The first-order valence-corrected chi connectivity index (χ1v) is 13.1. The van der Waals surface area contributed by atoms with Crippen LogP contribution in [0.5, 0.6) is 0 Å². The number of ketones is 1. The van der Waals surface area contributed by atoms with Crippen LogP contribution in [0.25, 0.3) is 32.3 Å². The highest BCUT2D eigenvalue weighted by atomic mass is 16.3. The van der Waals surface area contributed by atoms with Gasteiger partial charge < -0.3 is 10.2 Å². The summed E-state index contributed by atoms with van der Waals surface area (Å²) >= 11 is 0. The highest BCUT2D eigenvalue weighted by Gasteiger charge is 2.02. The van der Waals surface area contributed by atoms with Crippen LogP contribution in [0, 0.1) is 0 Å². The third-order valence-corrected chi connectivity index (χ3v) is 6.67. The van der Waals surface area contributed by atoms with Crippen LogP contribution in [-0.4, -0.2) is 16.0 Å². The molecule has 6 rings (SSSR count). The minimum absolute atomic E-state index is 0.116. The lowest BCUT2D eigenvalue weighted by Crippen LogP contribution is -1.90. The molecule has 3 heteroatoms. The van der Waals surface area contributed by atoms with Crippen molar-refractivity contribution in [3.05, 3.63) is 144 Å². The SMILES string of the molecule is CC(=O)c1ccc2ccccc2c1.CC(O)c1ccc2ccccc2c1.C[C@H](O)c1ccc2ccccc2c1. The summed E-state index contributed by atoms with van der Waals surface area (Å²) in [5.41, 5.74) is 2.72. The number of hydrogen-bond acceptors (Lipinski definition) is 3. The molecule has 0 fully saturated rings. The molecule has 0 aliphatic heterocycles. The molecule has 0 amide bonds. The molecule has 0 saturated carbocycles. The molecule has 3 nitrogen and oxygen atoms in total. The Labute approximate surface area is 230 Å². The van der Waals surface area contributed by atoms with Gasteiger partial charge in [-0.3, -0.25) is 4.79 Å². The van der Waals surface area contributed by atoms with Gasteiger partial charge in [0.2, 0.25) is 0 Å². The predicted octanol–water partition coefficient (Wildman–Crippen LogP) is 8.83. The molecule has 0 radical (unpaired) electrons. The first kappa shape index (κ1) is 27.7. The molecule has 1 unspecified atom stereocenters. The number of carbonyl (C=O) groups is 1. The minimum atomic E-state index is -0.385. The molecule has 0 aliphatic carbocycles.